The Labute approximate surface area is 170 Å². The molecule has 2 aromatic rings. The number of rotatable bonds is 5. The van der Waals surface area contributed by atoms with Crippen molar-refractivity contribution in [2.45, 2.75) is 55.8 Å². The van der Waals surface area contributed by atoms with Crippen LogP contribution in [0.15, 0.2) is 33.5 Å². The van der Waals surface area contributed by atoms with Crippen molar-refractivity contribution >= 4 is 11.0 Å². The van der Waals surface area contributed by atoms with Gasteiger partial charge in [0.15, 0.2) is 6.29 Å². The molecule has 2 aliphatic heterocycles. The van der Waals surface area contributed by atoms with Crippen molar-refractivity contribution in [2.24, 2.45) is 0 Å². The first-order valence-electron chi connectivity index (χ1n) is 9.58. The second-order valence-corrected chi connectivity index (χ2v) is 7.89. The van der Waals surface area contributed by atoms with E-state index in [0.717, 1.165) is 5.39 Å². The zero-order chi connectivity index (χ0) is 21.6. The lowest BCUT2D eigenvalue weighted by atomic mass is 9.95. The molecule has 0 amide bonds. The molecule has 1 fully saturated rings. The minimum atomic E-state index is -1.58. The van der Waals surface area contributed by atoms with E-state index < -0.39 is 54.6 Å². The molecule has 10 nitrogen and oxygen atoms in total. The van der Waals surface area contributed by atoms with E-state index in [1.54, 1.807) is 18.2 Å². The fraction of sp³-hybridized carbons (Fsp3) is 0.550. The van der Waals surface area contributed by atoms with Crippen LogP contribution in [0.2, 0.25) is 0 Å². The third-order valence-corrected chi connectivity index (χ3v) is 5.59. The Morgan fingerprint density at radius 1 is 1.13 bits per heavy atom. The molecule has 164 valence electrons. The van der Waals surface area contributed by atoms with Gasteiger partial charge in [0.25, 0.3) is 0 Å². The van der Waals surface area contributed by atoms with Gasteiger partial charge in [-0.05, 0) is 25.1 Å². The summed E-state index contributed by atoms with van der Waals surface area (Å²) in [6.45, 7) is 0.558. The van der Waals surface area contributed by atoms with E-state index in [1.807, 2.05) is 0 Å². The largest absolute Gasteiger partial charge is 0.487 e. The number of benzene rings is 1. The number of ether oxygens (including phenoxy) is 3. The van der Waals surface area contributed by atoms with Gasteiger partial charge >= 0.3 is 5.63 Å². The third kappa shape index (κ3) is 3.71. The monoisotopic (exact) mass is 424 g/mol. The molecule has 2 aliphatic rings. The maximum atomic E-state index is 11.6. The van der Waals surface area contributed by atoms with Crippen molar-refractivity contribution in [2.75, 3.05) is 13.2 Å². The smallest absolute Gasteiger partial charge is 0.336 e. The molecule has 3 heterocycles. The third-order valence-electron chi connectivity index (χ3n) is 5.59. The summed E-state index contributed by atoms with van der Waals surface area (Å²) in [6, 6.07) is 6.45. The van der Waals surface area contributed by atoms with Crippen LogP contribution in [0, 0.1) is 0 Å². The van der Waals surface area contributed by atoms with Gasteiger partial charge in [-0.2, -0.15) is 0 Å². The Morgan fingerprint density at radius 3 is 2.60 bits per heavy atom. The van der Waals surface area contributed by atoms with E-state index >= 15 is 0 Å². The zero-order valence-corrected chi connectivity index (χ0v) is 16.2. The van der Waals surface area contributed by atoms with E-state index in [4.69, 9.17) is 18.6 Å². The van der Waals surface area contributed by atoms with E-state index in [2.05, 4.69) is 0 Å². The van der Waals surface area contributed by atoms with Gasteiger partial charge in [-0.15, -0.1) is 0 Å². The quantitative estimate of drug-likeness (QED) is 0.364. The maximum absolute atomic E-state index is 11.6. The lowest BCUT2D eigenvalue weighted by Gasteiger charge is -2.40. The number of hydrogen-bond acceptors (Lipinski definition) is 10. The van der Waals surface area contributed by atoms with Crippen LogP contribution in [0.5, 0.6) is 5.75 Å². The van der Waals surface area contributed by atoms with Crippen molar-refractivity contribution in [1.82, 2.24) is 0 Å². The molecule has 0 spiro atoms. The molecule has 0 radical (unpaired) electrons. The fourth-order valence-corrected chi connectivity index (χ4v) is 3.75. The topological polar surface area (TPSA) is 159 Å². The highest BCUT2D eigenvalue weighted by Crippen LogP contribution is 2.38. The zero-order valence-electron chi connectivity index (χ0n) is 16.2. The fourth-order valence-electron chi connectivity index (χ4n) is 3.75. The molecule has 5 N–H and O–H groups in total. The second-order valence-electron chi connectivity index (χ2n) is 7.89. The highest BCUT2D eigenvalue weighted by molar-refractivity contribution is 5.82. The Balaban J connectivity index is 1.47. The molecule has 1 aromatic heterocycles. The Hall–Kier alpha value is -2.05. The first-order valence-corrected chi connectivity index (χ1v) is 9.58. The van der Waals surface area contributed by atoms with Gasteiger partial charge in [0.1, 0.15) is 47.5 Å². The number of aliphatic hydroxyl groups excluding tert-OH is 4. The summed E-state index contributed by atoms with van der Waals surface area (Å²) in [5.74, 6) is 0.481. The molecule has 10 heteroatoms. The van der Waals surface area contributed by atoms with Crippen LogP contribution in [0.1, 0.15) is 12.5 Å². The summed E-state index contributed by atoms with van der Waals surface area (Å²) in [6.07, 6.45) is -7.61. The summed E-state index contributed by atoms with van der Waals surface area (Å²) in [7, 11) is 0. The van der Waals surface area contributed by atoms with Crippen molar-refractivity contribution < 1.29 is 44.2 Å². The van der Waals surface area contributed by atoms with E-state index in [1.165, 1.54) is 13.0 Å². The van der Waals surface area contributed by atoms with Crippen LogP contribution in [0.25, 0.3) is 11.0 Å². The van der Waals surface area contributed by atoms with E-state index in [-0.39, 0.29) is 13.0 Å². The molecule has 0 unspecified atom stereocenters. The molecule has 30 heavy (non-hydrogen) atoms. The van der Waals surface area contributed by atoms with E-state index in [0.29, 0.717) is 16.9 Å². The minimum absolute atomic E-state index is 0.255. The number of aliphatic hydroxyl groups is 5. The lowest BCUT2D eigenvalue weighted by Crippen LogP contribution is -2.60. The standard InChI is InChI=1S/C20H24O10/c1-20(26,8-27-19-17(25)16(24)15(23)12(7-21)29-19)13-6-10-11(28-13)4-2-9-3-5-14(22)30-18(9)10/h2-5,12-13,15-17,19,21,23-26H,6-8H2,1H3/t12-,13+,15-,16+,17-,19-,20+/m1/s1. The maximum Gasteiger partial charge on any atom is 0.336 e. The van der Waals surface area contributed by atoms with Gasteiger partial charge < -0.3 is 44.2 Å². The minimum Gasteiger partial charge on any atom is -0.487 e. The Kier molecular flexibility index (Phi) is 5.58. The normalized spacial score (nSPS) is 33.1. The van der Waals surface area contributed by atoms with Crippen LogP contribution in [-0.4, -0.2) is 81.2 Å². The summed E-state index contributed by atoms with van der Waals surface area (Å²) >= 11 is 0. The summed E-state index contributed by atoms with van der Waals surface area (Å²) < 4.78 is 21.9. The van der Waals surface area contributed by atoms with E-state index in [9.17, 15) is 30.3 Å². The highest BCUT2D eigenvalue weighted by atomic mass is 16.7. The van der Waals surface area contributed by atoms with Gasteiger partial charge in [0.05, 0.1) is 13.2 Å². The van der Waals surface area contributed by atoms with Crippen LogP contribution in [-0.2, 0) is 15.9 Å². The summed E-state index contributed by atoms with van der Waals surface area (Å²) in [4.78, 5) is 11.6. The Bertz CT molecular complexity index is 968. The van der Waals surface area contributed by atoms with Crippen molar-refractivity contribution in [3.8, 4) is 5.75 Å². The average Bonchev–Trinajstić information content (AvgIpc) is 3.17. The molecule has 4 rings (SSSR count). The van der Waals surface area contributed by atoms with Crippen LogP contribution < -0.4 is 10.4 Å². The van der Waals surface area contributed by atoms with Crippen LogP contribution in [0.4, 0.5) is 0 Å². The molecule has 1 aromatic carbocycles. The first-order chi connectivity index (χ1) is 14.2. The summed E-state index contributed by atoms with van der Waals surface area (Å²) in [5, 5.41) is 50.7. The highest BCUT2D eigenvalue weighted by Gasteiger charge is 2.46. The number of fused-ring (bicyclic) bond motifs is 3. The average molecular weight is 424 g/mol. The van der Waals surface area contributed by atoms with Crippen LogP contribution in [0.3, 0.4) is 0 Å². The van der Waals surface area contributed by atoms with Crippen molar-refractivity contribution in [3.05, 3.63) is 40.2 Å². The number of hydrogen-bond donors (Lipinski definition) is 5. The van der Waals surface area contributed by atoms with Gasteiger partial charge in [0.2, 0.25) is 0 Å². The molecular formula is C20H24O10. The molecule has 0 bridgehead atoms. The van der Waals surface area contributed by atoms with Crippen LogP contribution >= 0.6 is 0 Å². The first kappa shape index (κ1) is 21.2. The summed E-state index contributed by atoms with van der Waals surface area (Å²) in [5.41, 5.74) is -0.979. The predicted octanol–water partition coefficient (Wildman–Crippen LogP) is -1.34. The molecule has 0 saturated carbocycles. The van der Waals surface area contributed by atoms with Gasteiger partial charge in [0, 0.05) is 23.4 Å². The lowest BCUT2D eigenvalue weighted by molar-refractivity contribution is -0.310. The Morgan fingerprint density at radius 2 is 1.87 bits per heavy atom. The second kappa shape index (κ2) is 7.89. The van der Waals surface area contributed by atoms with Gasteiger partial charge in [-0.25, -0.2) is 4.79 Å². The SMILES string of the molecule is C[C@](O)(CO[C@@H]1O[C@H](CO)[C@@H](O)[C@H](O)[C@H]1O)[C@@H]1Cc2c(ccc3ccc(=O)oc23)O1. The predicted molar refractivity (Wildman–Crippen MR) is 101 cm³/mol. The van der Waals surface area contributed by atoms with Gasteiger partial charge in [-0.3, -0.25) is 0 Å². The molecule has 1 saturated heterocycles. The molecule has 0 aliphatic carbocycles. The van der Waals surface area contributed by atoms with Gasteiger partial charge in [-0.1, -0.05) is 0 Å². The molecular weight excluding hydrogens is 400 g/mol. The van der Waals surface area contributed by atoms with Crippen molar-refractivity contribution in [3.63, 3.8) is 0 Å². The van der Waals surface area contributed by atoms with Crippen molar-refractivity contribution in [1.29, 1.82) is 0 Å². The molecule has 7 atom stereocenters.